The van der Waals surface area contributed by atoms with E-state index in [1.807, 2.05) is 12.3 Å². The first-order chi connectivity index (χ1) is 9.09. The van der Waals surface area contributed by atoms with Gasteiger partial charge in [-0.3, -0.25) is 4.98 Å². The van der Waals surface area contributed by atoms with E-state index in [2.05, 4.69) is 24.9 Å². The lowest BCUT2D eigenvalue weighted by atomic mass is 9.64. The molecule has 0 spiro atoms. The van der Waals surface area contributed by atoms with E-state index in [1.54, 1.807) is 0 Å². The Labute approximate surface area is 116 Å². The third kappa shape index (κ3) is 2.31. The second-order valence-corrected chi connectivity index (χ2v) is 7.02. The standard InChI is InChI=1S/C17H25NO/c1-17(2)10-4-3-7-14(17)16(19)13-9-8-12-6-5-11-18-15(12)13/h5-6,11,13-14,16,19H,3-4,7-10H2,1-2H3. The van der Waals surface area contributed by atoms with Gasteiger partial charge in [0.2, 0.25) is 0 Å². The van der Waals surface area contributed by atoms with Crippen molar-refractivity contribution < 1.29 is 5.11 Å². The molecule has 1 fully saturated rings. The number of hydrogen-bond acceptors (Lipinski definition) is 2. The Morgan fingerprint density at radius 3 is 2.95 bits per heavy atom. The van der Waals surface area contributed by atoms with Crippen LogP contribution in [-0.2, 0) is 6.42 Å². The number of hydrogen-bond donors (Lipinski definition) is 1. The normalized spacial score (nSPS) is 30.9. The van der Waals surface area contributed by atoms with Crippen LogP contribution in [0, 0.1) is 11.3 Å². The minimum absolute atomic E-state index is 0.216. The van der Waals surface area contributed by atoms with Crippen LogP contribution in [0.15, 0.2) is 18.3 Å². The molecule has 0 aromatic carbocycles. The molecule has 2 nitrogen and oxygen atoms in total. The summed E-state index contributed by atoms with van der Waals surface area (Å²) in [5, 5.41) is 10.9. The van der Waals surface area contributed by atoms with Gasteiger partial charge in [0, 0.05) is 17.8 Å². The lowest BCUT2D eigenvalue weighted by molar-refractivity contribution is -0.0108. The van der Waals surface area contributed by atoms with E-state index >= 15 is 0 Å². The van der Waals surface area contributed by atoms with Crippen LogP contribution in [0.3, 0.4) is 0 Å². The van der Waals surface area contributed by atoms with Crippen LogP contribution in [-0.4, -0.2) is 16.2 Å². The first-order valence-electron chi connectivity index (χ1n) is 7.71. The third-order valence-electron chi connectivity index (χ3n) is 5.42. The van der Waals surface area contributed by atoms with Gasteiger partial charge in [-0.2, -0.15) is 0 Å². The Morgan fingerprint density at radius 1 is 1.32 bits per heavy atom. The molecule has 1 N–H and O–H groups in total. The van der Waals surface area contributed by atoms with E-state index < -0.39 is 0 Å². The Morgan fingerprint density at radius 2 is 2.16 bits per heavy atom. The number of aliphatic hydroxyl groups is 1. The summed E-state index contributed by atoms with van der Waals surface area (Å²) in [7, 11) is 0. The van der Waals surface area contributed by atoms with Crippen LogP contribution in [0.1, 0.15) is 63.1 Å². The molecule has 104 valence electrons. The Balaban J connectivity index is 1.83. The largest absolute Gasteiger partial charge is 0.392 e. The van der Waals surface area contributed by atoms with Crippen molar-refractivity contribution in [3.8, 4) is 0 Å². The van der Waals surface area contributed by atoms with Crippen LogP contribution < -0.4 is 0 Å². The summed E-state index contributed by atoms with van der Waals surface area (Å²) in [4.78, 5) is 4.54. The molecule has 2 aliphatic carbocycles. The number of aryl methyl sites for hydroxylation is 1. The van der Waals surface area contributed by atoms with E-state index in [-0.39, 0.29) is 17.4 Å². The van der Waals surface area contributed by atoms with Crippen LogP contribution in [0.4, 0.5) is 0 Å². The zero-order valence-electron chi connectivity index (χ0n) is 12.1. The maximum Gasteiger partial charge on any atom is 0.0657 e. The van der Waals surface area contributed by atoms with Gasteiger partial charge in [-0.15, -0.1) is 0 Å². The molecule has 0 aliphatic heterocycles. The number of pyridine rings is 1. The van der Waals surface area contributed by atoms with E-state index in [4.69, 9.17) is 0 Å². The van der Waals surface area contributed by atoms with Gasteiger partial charge in [0.15, 0.2) is 0 Å². The molecule has 1 saturated carbocycles. The van der Waals surface area contributed by atoms with Crippen molar-refractivity contribution in [3.63, 3.8) is 0 Å². The van der Waals surface area contributed by atoms with Gasteiger partial charge in [-0.05, 0) is 48.6 Å². The zero-order valence-corrected chi connectivity index (χ0v) is 12.1. The van der Waals surface area contributed by atoms with Gasteiger partial charge in [0.25, 0.3) is 0 Å². The highest BCUT2D eigenvalue weighted by molar-refractivity contribution is 5.29. The minimum Gasteiger partial charge on any atom is -0.392 e. The summed E-state index contributed by atoms with van der Waals surface area (Å²) >= 11 is 0. The topological polar surface area (TPSA) is 33.1 Å². The fourth-order valence-electron chi connectivity index (χ4n) is 4.21. The second kappa shape index (κ2) is 4.90. The molecule has 19 heavy (non-hydrogen) atoms. The molecule has 3 atom stereocenters. The average Bonchev–Trinajstić information content (AvgIpc) is 2.81. The summed E-state index contributed by atoms with van der Waals surface area (Å²) < 4.78 is 0. The first kappa shape index (κ1) is 13.1. The van der Waals surface area contributed by atoms with Crippen LogP contribution >= 0.6 is 0 Å². The average molecular weight is 259 g/mol. The number of nitrogens with zero attached hydrogens (tertiary/aromatic N) is 1. The number of fused-ring (bicyclic) bond motifs is 1. The van der Waals surface area contributed by atoms with Crippen molar-refractivity contribution in [1.29, 1.82) is 0 Å². The maximum absolute atomic E-state index is 10.9. The van der Waals surface area contributed by atoms with E-state index in [1.165, 1.54) is 31.2 Å². The molecule has 0 bridgehead atoms. The molecular weight excluding hydrogens is 234 g/mol. The quantitative estimate of drug-likeness (QED) is 0.878. The van der Waals surface area contributed by atoms with Gasteiger partial charge in [-0.1, -0.05) is 32.8 Å². The molecule has 1 aromatic heterocycles. The first-order valence-corrected chi connectivity index (χ1v) is 7.71. The van der Waals surface area contributed by atoms with Gasteiger partial charge in [-0.25, -0.2) is 0 Å². The van der Waals surface area contributed by atoms with E-state index in [0.29, 0.717) is 5.92 Å². The van der Waals surface area contributed by atoms with Crippen LogP contribution in [0.25, 0.3) is 0 Å². The molecule has 0 saturated heterocycles. The lowest BCUT2D eigenvalue weighted by Crippen LogP contribution is -2.39. The molecular formula is C17H25NO. The Bertz CT molecular complexity index is 454. The molecule has 2 heteroatoms. The Kier molecular flexibility index (Phi) is 3.38. The smallest absolute Gasteiger partial charge is 0.0657 e. The Hall–Kier alpha value is -0.890. The highest BCUT2D eigenvalue weighted by Crippen LogP contribution is 2.47. The number of rotatable bonds is 2. The SMILES string of the molecule is CC1(C)CCCCC1C(O)C1CCc2cccnc21. The molecule has 2 aliphatic rings. The molecule has 3 rings (SSSR count). The van der Waals surface area contributed by atoms with Gasteiger partial charge < -0.3 is 5.11 Å². The molecule has 1 heterocycles. The summed E-state index contributed by atoms with van der Waals surface area (Å²) in [6.45, 7) is 4.66. The summed E-state index contributed by atoms with van der Waals surface area (Å²) in [6, 6.07) is 4.18. The van der Waals surface area contributed by atoms with Crippen molar-refractivity contribution in [2.45, 2.75) is 64.4 Å². The predicted molar refractivity (Wildman–Crippen MR) is 77.0 cm³/mol. The lowest BCUT2D eigenvalue weighted by Gasteiger charge is -2.43. The highest BCUT2D eigenvalue weighted by Gasteiger charge is 2.42. The van der Waals surface area contributed by atoms with Gasteiger partial charge >= 0.3 is 0 Å². The zero-order chi connectivity index (χ0) is 13.5. The summed E-state index contributed by atoms with van der Waals surface area (Å²) in [5.41, 5.74) is 2.78. The maximum atomic E-state index is 10.9. The molecule has 3 unspecified atom stereocenters. The molecule has 1 aromatic rings. The van der Waals surface area contributed by atoms with E-state index in [9.17, 15) is 5.11 Å². The van der Waals surface area contributed by atoms with Crippen molar-refractivity contribution in [1.82, 2.24) is 4.98 Å². The van der Waals surface area contributed by atoms with Crippen molar-refractivity contribution >= 4 is 0 Å². The molecule has 0 amide bonds. The van der Waals surface area contributed by atoms with Crippen molar-refractivity contribution in [2.75, 3.05) is 0 Å². The molecule has 0 radical (unpaired) electrons. The van der Waals surface area contributed by atoms with Crippen LogP contribution in [0.2, 0.25) is 0 Å². The fourth-order valence-corrected chi connectivity index (χ4v) is 4.21. The monoisotopic (exact) mass is 259 g/mol. The number of aromatic nitrogens is 1. The van der Waals surface area contributed by atoms with Gasteiger partial charge in [0.05, 0.1) is 6.10 Å². The summed E-state index contributed by atoms with van der Waals surface area (Å²) in [6.07, 6.45) is 8.81. The highest BCUT2D eigenvalue weighted by atomic mass is 16.3. The van der Waals surface area contributed by atoms with E-state index in [0.717, 1.165) is 18.5 Å². The number of aliphatic hydroxyl groups excluding tert-OH is 1. The summed E-state index contributed by atoms with van der Waals surface area (Å²) in [5.74, 6) is 0.692. The fraction of sp³-hybridized carbons (Fsp3) is 0.706. The second-order valence-electron chi connectivity index (χ2n) is 7.02. The van der Waals surface area contributed by atoms with Gasteiger partial charge in [0.1, 0.15) is 0 Å². The predicted octanol–water partition coefficient (Wildman–Crippen LogP) is 3.69. The van der Waals surface area contributed by atoms with Crippen LogP contribution in [0.5, 0.6) is 0 Å². The third-order valence-corrected chi connectivity index (χ3v) is 5.42. The van der Waals surface area contributed by atoms with Crippen molar-refractivity contribution in [3.05, 3.63) is 29.6 Å². The minimum atomic E-state index is -0.216. The van der Waals surface area contributed by atoms with Crippen molar-refractivity contribution in [2.24, 2.45) is 11.3 Å².